The molecule has 3 nitrogen and oxygen atoms in total. The van der Waals surface area contributed by atoms with Gasteiger partial charge in [0.2, 0.25) is 0 Å². The number of aromatic nitrogens is 1. The first kappa shape index (κ1) is 12.2. The standard InChI is InChI=1S/C10H10BrClN2O/c1-2-3-4-13-10(15)8-5-7(11)6-14-9(8)12/h2-3,5-6H,4H2,1H3,(H,13,15)/b3-2+. The fourth-order valence-corrected chi connectivity index (χ4v) is 1.47. The Morgan fingerprint density at radius 1 is 1.73 bits per heavy atom. The Kier molecular flexibility index (Phi) is 4.78. The largest absolute Gasteiger partial charge is 0.348 e. The zero-order valence-corrected chi connectivity index (χ0v) is 10.5. The summed E-state index contributed by atoms with van der Waals surface area (Å²) in [6.07, 6.45) is 5.25. The number of allylic oxidation sites excluding steroid dienone is 1. The van der Waals surface area contributed by atoms with Crippen LogP contribution in [0.5, 0.6) is 0 Å². The molecule has 0 bridgehead atoms. The number of nitrogens with one attached hydrogen (secondary N) is 1. The maximum Gasteiger partial charge on any atom is 0.254 e. The van der Waals surface area contributed by atoms with Crippen LogP contribution in [0.25, 0.3) is 0 Å². The van der Waals surface area contributed by atoms with Gasteiger partial charge in [0.05, 0.1) is 5.56 Å². The molecule has 0 aliphatic rings. The number of hydrogen-bond acceptors (Lipinski definition) is 2. The van der Waals surface area contributed by atoms with Gasteiger partial charge in [-0.25, -0.2) is 4.98 Å². The summed E-state index contributed by atoms with van der Waals surface area (Å²) in [4.78, 5) is 15.5. The molecule has 0 aliphatic heterocycles. The van der Waals surface area contributed by atoms with Crippen molar-refractivity contribution in [1.29, 1.82) is 0 Å². The van der Waals surface area contributed by atoms with Crippen LogP contribution in [0.4, 0.5) is 0 Å². The first-order valence-electron chi connectivity index (χ1n) is 4.35. The summed E-state index contributed by atoms with van der Waals surface area (Å²) in [6.45, 7) is 2.37. The van der Waals surface area contributed by atoms with Crippen molar-refractivity contribution in [2.75, 3.05) is 6.54 Å². The van der Waals surface area contributed by atoms with Crippen molar-refractivity contribution in [3.8, 4) is 0 Å². The molecule has 1 aromatic rings. The predicted molar refractivity (Wildman–Crippen MR) is 64.1 cm³/mol. The lowest BCUT2D eigenvalue weighted by atomic mass is 10.2. The van der Waals surface area contributed by atoms with Crippen LogP contribution in [-0.4, -0.2) is 17.4 Å². The third-order valence-electron chi connectivity index (χ3n) is 1.67. The monoisotopic (exact) mass is 288 g/mol. The summed E-state index contributed by atoms with van der Waals surface area (Å²) >= 11 is 9.02. The van der Waals surface area contributed by atoms with Crippen LogP contribution in [0.2, 0.25) is 5.15 Å². The van der Waals surface area contributed by atoms with E-state index >= 15 is 0 Å². The van der Waals surface area contributed by atoms with Gasteiger partial charge in [-0.15, -0.1) is 0 Å². The molecule has 0 atom stereocenters. The molecule has 0 radical (unpaired) electrons. The SMILES string of the molecule is C/C=C/CNC(=O)c1cc(Br)cnc1Cl. The Bertz CT molecular complexity index is 393. The van der Waals surface area contributed by atoms with Gasteiger partial charge in [-0.05, 0) is 28.9 Å². The third-order valence-corrected chi connectivity index (χ3v) is 2.40. The van der Waals surface area contributed by atoms with Crippen molar-refractivity contribution in [3.05, 3.63) is 39.6 Å². The first-order chi connectivity index (χ1) is 7.15. The van der Waals surface area contributed by atoms with Crippen LogP contribution in [0, 0.1) is 0 Å². The molecule has 1 rings (SSSR count). The molecule has 1 heterocycles. The van der Waals surface area contributed by atoms with Gasteiger partial charge < -0.3 is 5.32 Å². The van der Waals surface area contributed by atoms with Crippen molar-refractivity contribution in [2.24, 2.45) is 0 Å². The Morgan fingerprint density at radius 2 is 2.47 bits per heavy atom. The fraction of sp³-hybridized carbons (Fsp3) is 0.200. The lowest BCUT2D eigenvalue weighted by molar-refractivity contribution is 0.0957. The molecule has 1 amide bonds. The Balaban J connectivity index is 2.77. The van der Waals surface area contributed by atoms with Crippen molar-refractivity contribution >= 4 is 33.4 Å². The molecule has 5 heteroatoms. The number of amides is 1. The molecule has 1 aromatic heterocycles. The smallest absolute Gasteiger partial charge is 0.254 e. The van der Waals surface area contributed by atoms with E-state index in [4.69, 9.17) is 11.6 Å². The van der Waals surface area contributed by atoms with Gasteiger partial charge >= 0.3 is 0 Å². The zero-order valence-electron chi connectivity index (χ0n) is 8.13. The van der Waals surface area contributed by atoms with E-state index in [1.807, 2.05) is 19.1 Å². The minimum absolute atomic E-state index is 0.205. The van der Waals surface area contributed by atoms with E-state index in [2.05, 4.69) is 26.2 Å². The van der Waals surface area contributed by atoms with Gasteiger partial charge in [-0.2, -0.15) is 0 Å². The van der Waals surface area contributed by atoms with E-state index in [0.29, 0.717) is 12.1 Å². The van der Waals surface area contributed by atoms with Crippen molar-refractivity contribution < 1.29 is 4.79 Å². The summed E-state index contributed by atoms with van der Waals surface area (Å²) < 4.78 is 0.725. The van der Waals surface area contributed by atoms with Crippen LogP contribution in [0.1, 0.15) is 17.3 Å². The number of nitrogens with zero attached hydrogens (tertiary/aromatic N) is 1. The molecule has 0 unspecified atom stereocenters. The molecule has 15 heavy (non-hydrogen) atoms. The minimum Gasteiger partial charge on any atom is -0.348 e. The molecular formula is C10H10BrClN2O. The molecule has 0 saturated carbocycles. The average Bonchev–Trinajstić information content (AvgIpc) is 2.22. The Labute approximate surface area is 102 Å². The number of pyridine rings is 1. The topological polar surface area (TPSA) is 42.0 Å². The van der Waals surface area contributed by atoms with E-state index < -0.39 is 0 Å². The molecule has 1 N–H and O–H groups in total. The number of hydrogen-bond donors (Lipinski definition) is 1. The Morgan fingerprint density at radius 3 is 3.13 bits per heavy atom. The van der Waals surface area contributed by atoms with E-state index in [-0.39, 0.29) is 11.1 Å². The average molecular weight is 290 g/mol. The maximum absolute atomic E-state index is 11.6. The summed E-state index contributed by atoms with van der Waals surface area (Å²) in [5.41, 5.74) is 0.371. The molecule has 0 fully saturated rings. The minimum atomic E-state index is -0.230. The highest BCUT2D eigenvalue weighted by Crippen LogP contribution is 2.17. The number of halogens is 2. The van der Waals surface area contributed by atoms with E-state index in [1.165, 1.54) is 0 Å². The summed E-state index contributed by atoms with van der Waals surface area (Å²) in [7, 11) is 0. The van der Waals surface area contributed by atoms with Gasteiger partial charge in [0.25, 0.3) is 5.91 Å². The number of carbonyl (C=O) groups excluding carboxylic acids is 1. The van der Waals surface area contributed by atoms with E-state index in [0.717, 1.165) is 4.47 Å². The lowest BCUT2D eigenvalue weighted by Crippen LogP contribution is -2.23. The van der Waals surface area contributed by atoms with Gasteiger partial charge in [0.1, 0.15) is 5.15 Å². The van der Waals surface area contributed by atoms with E-state index in [1.54, 1.807) is 12.3 Å². The molecule has 0 aliphatic carbocycles. The lowest BCUT2D eigenvalue weighted by Gasteiger charge is -2.04. The van der Waals surface area contributed by atoms with Crippen molar-refractivity contribution in [1.82, 2.24) is 10.3 Å². The second kappa shape index (κ2) is 5.88. The maximum atomic E-state index is 11.6. The molecular weight excluding hydrogens is 279 g/mol. The van der Waals surface area contributed by atoms with Crippen LogP contribution >= 0.6 is 27.5 Å². The second-order valence-corrected chi connectivity index (χ2v) is 4.04. The van der Waals surface area contributed by atoms with Gasteiger partial charge in [0.15, 0.2) is 0 Å². The molecule has 0 aromatic carbocycles. The van der Waals surface area contributed by atoms with Gasteiger partial charge in [-0.3, -0.25) is 4.79 Å². The third kappa shape index (κ3) is 3.64. The van der Waals surface area contributed by atoms with Crippen LogP contribution in [0.15, 0.2) is 28.9 Å². The molecule has 0 spiro atoms. The summed E-state index contributed by atoms with van der Waals surface area (Å²) in [6, 6.07) is 1.64. The van der Waals surface area contributed by atoms with Gasteiger partial charge in [0, 0.05) is 17.2 Å². The first-order valence-corrected chi connectivity index (χ1v) is 5.52. The quantitative estimate of drug-likeness (QED) is 0.687. The number of rotatable bonds is 3. The van der Waals surface area contributed by atoms with Crippen LogP contribution < -0.4 is 5.32 Å². The highest BCUT2D eigenvalue weighted by atomic mass is 79.9. The molecule has 0 saturated heterocycles. The molecule has 80 valence electrons. The number of carbonyl (C=O) groups is 1. The summed E-state index contributed by atoms with van der Waals surface area (Å²) in [5, 5.41) is 2.90. The van der Waals surface area contributed by atoms with Gasteiger partial charge in [-0.1, -0.05) is 23.8 Å². The predicted octanol–water partition coefficient (Wildman–Crippen LogP) is 2.80. The van der Waals surface area contributed by atoms with Crippen LogP contribution in [-0.2, 0) is 0 Å². The fourth-order valence-electron chi connectivity index (χ4n) is 0.947. The zero-order chi connectivity index (χ0) is 11.3. The van der Waals surface area contributed by atoms with Crippen molar-refractivity contribution in [3.63, 3.8) is 0 Å². The highest BCUT2D eigenvalue weighted by molar-refractivity contribution is 9.10. The summed E-state index contributed by atoms with van der Waals surface area (Å²) in [5.74, 6) is -0.230. The normalized spacial score (nSPS) is 10.6. The van der Waals surface area contributed by atoms with E-state index in [9.17, 15) is 4.79 Å². The van der Waals surface area contributed by atoms with Crippen LogP contribution in [0.3, 0.4) is 0 Å². The van der Waals surface area contributed by atoms with Crippen molar-refractivity contribution in [2.45, 2.75) is 6.92 Å². The second-order valence-electron chi connectivity index (χ2n) is 2.77. The Hall–Kier alpha value is -0.870. The highest BCUT2D eigenvalue weighted by Gasteiger charge is 2.10.